The number of aliphatic hydroxyl groups excluding tert-OH is 1. The molecule has 0 aromatic heterocycles. The fourth-order valence-corrected chi connectivity index (χ4v) is 2.53. The maximum absolute atomic E-state index is 11.8. The monoisotopic (exact) mass is 337 g/mol. The maximum atomic E-state index is 11.8. The summed E-state index contributed by atoms with van der Waals surface area (Å²) in [5, 5.41) is 30.7. The lowest BCUT2D eigenvalue weighted by Crippen LogP contribution is -2.31. The van der Waals surface area contributed by atoms with Crippen molar-refractivity contribution in [2.24, 2.45) is 0 Å². The molecule has 1 aromatic rings. The van der Waals surface area contributed by atoms with Crippen LogP contribution >= 0.6 is 0 Å². The van der Waals surface area contributed by atoms with E-state index >= 15 is 0 Å². The van der Waals surface area contributed by atoms with Crippen LogP contribution in [0, 0.1) is 0 Å². The number of carbonyl (C=O) groups is 1. The third kappa shape index (κ3) is 5.80. The molecular formula is C19H31NO4. The van der Waals surface area contributed by atoms with E-state index in [1.807, 2.05) is 53.7 Å². The fraction of sp³-hybridized carbons (Fsp3) is 0.632. The van der Waals surface area contributed by atoms with Crippen LogP contribution in [-0.2, 0) is 22.0 Å². The highest BCUT2D eigenvalue weighted by Crippen LogP contribution is 2.39. The molecule has 24 heavy (non-hydrogen) atoms. The van der Waals surface area contributed by atoms with Gasteiger partial charge in [0.15, 0.2) is 6.29 Å². The number of aliphatic hydroxyl groups is 2. The van der Waals surface area contributed by atoms with Gasteiger partial charge in [-0.25, -0.2) is 0 Å². The largest absolute Gasteiger partial charge is 0.507 e. The van der Waals surface area contributed by atoms with E-state index in [4.69, 9.17) is 10.2 Å². The first-order chi connectivity index (χ1) is 10.8. The molecule has 0 saturated carbocycles. The highest BCUT2D eigenvalue weighted by atomic mass is 16.5. The standard InChI is InChI=1S/C19H31NO4/c1-18(2,3)13-9-12(7-8-15(21)20-11-16(22)23)10-14(17(13)24)19(4,5)6/h9-10,16,22-24H,7-8,11H2,1-6H3,(H,20,21). The van der Waals surface area contributed by atoms with E-state index in [2.05, 4.69) is 5.32 Å². The predicted molar refractivity (Wildman–Crippen MR) is 95.1 cm³/mol. The number of nitrogens with one attached hydrogen (secondary N) is 1. The minimum atomic E-state index is -1.54. The Morgan fingerprint density at radius 2 is 1.50 bits per heavy atom. The highest BCUT2D eigenvalue weighted by Gasteiger charge is 2.26. The van der Waals surface area contributed by atoms with Crippen LogP contribution in [0.4, 0.5) is 0 Å². The van der Waals surface area contributed by atoms with Crippen LogP contribution in [0.15, 0.2) is 12.1 Å². The fourth-order valence-electron chi connectivity index (χ4n) is 2.53. The van der Waals surface area contributed by atoms with Crippen molar-refractivity contribution in [1.82, 2.24) is 5.32 Å². The molecule has 0 heterocycles. The van der Waals surface area contributed by atoms with E-state index in [1.165, 1.54) is 0 Å². The topological polar surface area (TPSA) is 89.8 Å². The predicted octanol–water partition coefficient (Wildman–Crippen LogP) is 2.35. The van der Waals surface area contributed by atoms with Gasteiger partial charge in [-0.3, -0.25) is 4.79 Å². The van der Waals surface area contributed by atoms with Gasteiger partial charge >= 0.3 is 0 Å². The van der Waals surface area contributed by atoms with E-state index in [-0.39, 0.29) is 29.7 Å². The average molecular weight is 337 g/mol. The Bertz CT molecular complexity index is 545. The molecule has 0 atom stereocenters. The van der Waals surface area contributed by atoms with Crippen molar-refractivity contribution in [3.63, 3.8) is 0 Å². The van der Waals surface area contributed by atoms with Crippen LogP contribution in [0.2, 0.25) is 0 Å². The number of hydrogen-bond acceptors (Lipinski definition) is 4. The summed E-state index contributed by atoms with van der Waals surface area (Å²) in [5.41, 5.74) is 2.32. The van der Waals surface area contributed by atoms with Crippen LogP contribution in [0.1, 0.15) is 64.7 Å². The lowest BCUT2D eigenvalue weighted by Gasteiger charge is -2.28. The summed E-state index contributed by atoms with van der Waals surface area (Å²) >= 11 is 0. The van der Waals surface area contributed by atoms with Gasteiger partial charge in [0, 0.05) is 6.42 Å². The highest BCUT2D eigenvalue weighted by molar-refractivity contribution is 5.76. The number of aromatic hydroxyl groups is 1. The van der Waals surface area contributed by atoms with E-state index in [0.29, 0.717) is 12.2 Å². The summed E-state index contributed by atoms with van der Waals surface area (Å²) in [7, 11) is 0. The molecule has 0 fully saturated rings. The Labute approximate surface area is 144 Å². The Balaban J connectivity index is 3.05. The summed E-state index contributed by atoms with van der Waals surface area (Å²) < 4.78 is 0. The molecule has 1 rings (SSSR count). The van der Waals surface area contributed by atoms with Gasteiger partial charge in [0.25, 0.3) is 0 Å². The first kappa shape index (κ1) is 20.5. The maximum Gasteiger partial charge on any atom is 0.220 e. The molecule has 1 aromatic carbocycles. The lowest BCUT2D eigenvalue weighted by molar-refractivity contribution is -0.123. The van der Waals surface area contributed by atoms with Gasteiger partial charge in [-0.15, -0.1) is 0 Å². The third-order valence-electron chi connectivity index (χ3n) is 3.91. The van der Waals surface area contributed by atoms with Gasteiger partial charge < -0.3 is 20.6 Å². The minimum absolute atomic E-state index is 0.172. The molecule has 5 nitrogen and oxygen atoms in total. The van der Waals surface area contributed by atoms with Gasteiger partial charge in [-0.1, -0.05) is 53.7 Å². The van der Waals surface area contributed by atoms with Crippen LogP contribution in [0.3, 0.4) is 0 Å². The number of carbonyl (C=O) groups excluding carboxylic acids is 1. The number of rotatable bonds is 5. The van der Waals surface area contributed by atoms with Crippen molar-refractivity contribution in [2.45, 2.75) is 71.5 Å². The molecule has 0 unspecified atom stereocenters. The SMILES string of the molecule is CC(C)(C)c1cc(CCC(=O)NCC(O)O)cc(C(C)(C)C)c1O. The number of phenolic OH excluding ortho intramolecular Hbond substituents is 1. The second-order valence-electron chi connectivity index (χ2n) is 8.32. The van der Waals surface area contributed by atoms with Gasteiger partial charge in [-0.2, -0.15) is 0 Å². The molecule has 0 radical (unpaired) electrons. The van der Waals surface area contributed by atoms with Crippen LogP contribution < -0.4 is 5.32 Å². The quantitative estimate of drug-likeness (QED) is 0.621. The number of phenols is 1. The van der Waals surface area contributed by atoms with E-state index in [9.17, 15) is 9.90 Å². The number of amides is 1. The lowest BCUT2D eigenvalue weighted by atomic mass is 9.78. The van der Waals surface area contributed by atoms with Crippen molar-refractivity contribution >= 4 is 5.91 Å². The molecule has 136 valence electrons. The molecule has 0 aliphatic rings. The Hall–Kier alpha value is -1.59. The first-order valence-corrected chi connectivity index (χ1v) is 8.32. The minimum Gasteiger partial charge on any atom is -0.507 e. The van der Waals surface area contributed by atoms with Crippen LogP contribution in [0.25, 0.3) is 0 Å². The molecule has 0 bridgehead atoms. The van der Waals surface area contributed by atoms with Gasteiger partial charge in [-0.05, 0) is 33.9 Å². The second kappa shape index (κ2) is 7.53. The summed E-state index contributed by atoms with van der Waals surface area (Å²) in [5.74, 6) is 0.0948. The summed E-state index contributed by atoms with van der Waals surface area (Å²) in [6, 6.07) is 3.91. The van der Waals surface area contributed by atoms with E-state index in [0.717, 1.165) is 16.7 Å². The van der Waals surface area contributed by atoms with Crippen LogP contribution in [0.5, 0.6) is 5.75 Å². The van der Waals surface area contributed by atoms with Crippen molar-refractivity contribution in [3.8, 4) is 5.75 Å². The molecule has 5 heteroatoms. The molecular weight excluding hydrogens is 306 g/mol. The van der Waals surface area contributed by atoms with Gasteiger partial charge in [0.05, 0.1) is 6.54 Å². The Morgan fingerprint density at radius 3 is 1.88 bits per heavy atom. The smallest absolute Gasteiger partial charge is 0.220 e. The number of benzene rings is 1. The first-order valence-electron chi connectivity index (χ1n) is 8.32. The van der Waals surface area contributed by atoms with Crippen LogP contribution in [-0.4, -0.2) is 34.1 Å². The van der Waals surface area contributed by atoms with Gasteiger partial charge in [0.1, 0.15) is 5.75 Å². The zero-order valence-electron chi connectivity index (χ0n) is 15.6. The Morgan fingerprint density at radius 1 is 1.04 bits per heavy atom. The number of aryl methyl sites for hydroxylation is 1. The zero-order valence-corrected chi connectivity index (χ0v) is 15.6. The third-order valence-corrected chi connectivity index (χ3v) is 3.91. The molecule has 4 N–H and O–H groups in total. The van der Waals surface area contributed by atoms with E-state index < -0.39 is 6.29 Å². The zero-order chi connectivity index (χ0) is 18.7. The van der Waals surface area contributed by atoms with Crippen molar-refractivity contribution < 1.29 is 20.1 Å². The molecule has 0 aliphatic heterocycles. The Kier molecular flexibility index (Phi) is 6.42. The van der Waals surface area contributed by atoms with E-state index in [1.54, 1.807) is 0 Å². The molecule has 0 spiro atoms. The molecule has 1 amide bonds. The summed E-state index contributed by atoms with van der Waals surface area (Å²) in [4.78, 5) is 11.8. The number of hydrogen-bond donors (Lipinski definition) is 4. The molecule has 0 aliphatic carbocycles. The molecule has 0 saturated heterocycles. The van der Waals surface area contributed by atoms with Crippen molar-refractivity contribution in [1.29, 1.82) is 0 Å². The van der Waals surface area contributed by atoms with Crippen molar-refractivity contribution in [2.75, 3.05) is 6.54 Å². The average Bonchev–Trinajstić information content (AvgIpc) is 2.41. The normalized spacial score (nSPS) is 12.5. The summed E-state index contributed by atoms with van der Waals surface area (Å²) in [6.45, 7) is 12.1. The summed E-state index contributed by atoms with van der Waals surface area (Å²) in [6.07, 6.45) is -0.757. The van der Waals surface area contributed by atoms with Gasteiger partial charge in [0.2, 0.25) is 5.91 Å². The van der Waals surface area contributed by atoms with Crippen molar-refractivity contribution in [3.05, 3.63) is 28.8 Å². The second-order valence-corrected chi connectivity index (χ2v) is 8.32.